The van der Waals surface area contributed by atoms with E-state index in [0.717, 1.165) is 18.4 Å². The van der Waals surface area contributed by atoms with Gasteiger partial charge in [-0.2, -0.15) is 26.3 Å². The average molecular weight is 370 g/mol. The van der Waals surface area contributed by atoms with Gasteiger partial charge in [0.1, 0.15) is 0 Å². The van der Waals surface area contributed by atoms with E-state index in [2.05, 4.69) is 21.2 Å². The molecule has 0 radical (unpaired) electrons. The topological polar surface area (TPSA) is 12.0 Å². The molecule has 0 aliphatic carbocycles. The zero-order chi connectivity index (χ0) is 14.8. The first-order valence-electron chi connectivity index (χ1n) is 5.10. The summed E-state index contributed by atoms with van der Waals surface area (Å²) in [4.78, 5) is 0.449. The zero-order valence-corrected chi connectivity index (χ0v) is 12.0. The van der Waals surface area contributed by atoms with Gasteiger partial charge >= 0.3 is 12.4 Å². The number of nitrogens with one attached hydrogen (secondary N) is 1. The van der Waals surface area contributed by atoms with E-state index >= 15 is 0 Å². The molecular weight excluding hydrogens is 360 g/mol. The summed E-state index contributed by atoms with van der Waals surface area (Å²) < 4.78 is 76.2. The van der Waals surface area contributed by atoms with Crippen molar-refractivity contribution < 1.29 is 26.3 Å². The van der Waals surface area contributed by atoms with Crippen LogP contribution >= 0.6 is 27.3 Å². The predicted octanol–water partition coefficient (Wildman–Crippen LogP) is 4.38. The van der Waals surface area contributed by atoms with Gasteiger partial charge in [0.25, 0.3) is 0 Å². The number of halogens is 7. The molecule has 9 heteroatoms. The summed E-state index contributed by atoms with van der Waals surface area (Å²) in [5.41, 5.74) is 0. The summed E-state index contributed by atoms with van der Waals surface area (Å²) in [5, 5.41) is 2.12. The van der Waals surface area contributed by atoms with E-state index in [9.17, 15) is 26.3 Å². The monoisotopic (exact) mass is 369 g/mol. The Bertz CT molecular complexity index is 399. The quantitative estimate of drug-likeness (QED) is 0.776. The molecule has 0 spiro atoms. The van der Waals surface area contributed by atoms with Crippen LogP contribution in [0.5, 0.6) is 0 Å². The highest BCUT2D eigenvalue weighted by Gasteiger charge is 2.59. The lowest BCUT2D eigenvalue weighted by molar-refractivity contribution is -0.291. The van der Waals surface area contributed by atoms with Crippen molar-refractivity contribution in [2.75, 3.05) is 7.05 Å². The highest BCUT2D eigenvalue weighted by molar-refractivity contribution is 9.11. The molecule has 0 saturated heterocycles. The minimum absolute atomic E-state index is 0.337. The third-order valence-electron chi connectivity index (χ3n) is 2.53. The highest BCUT2D eigenvalue weighted by Crippen LogP contribution is 2.42. The highest BCUT2D eigenvalue weighted by atomic mass is 79.9. The third-order valence-corrected chi connectivity index (χ3v) is 4.17. The van der Waals surface area contributed by atoms with E-state index in [0.29, 0.717) is 8.66 Å². The van der Waals surface area contributed by atoms with Crippen molar-refractivity contribution in [2.24, 2.45) is 5.92 Å². The van der Waals surface area contributed by atoms with Crippen LogP contribution in [0.3, 0.4) is 0 Å². The molecule has 0 amide bonds. The Balaban J connectivity index is 2.97. The second-order valence-electron chi connectivity index (χ2n) is 3.87. The fraction of sp³-hybridized carbons (Fsp3) is 0.600. The molecule has 1 unspecified atom stereocenters. The normalized spacial score (nSPS) is 15.0. The lowest BCUT2D eigenvalue weighted by Gasteiger charge is -2.30. The Morgan fingerprint density at radius 3 is 2.00 bits per heavy atom. The molecule has 1 N–H and O–H groups in total. The van der Waals surface area contributed by atoms with Gasteiger partial charge in [0.2, 0.25) is 0 Å². The van der Waals surface area contributed by atoms with Gasteiger partial charge in [0.15, 0.2) is 5.92 Å². The molecule has 0 aliphatic rings. The standard InChI is InChI=1S/C10H10BrF6NS/c1-18-6(4-5-2-3-7(11)19-5)8(9(12,13)14)10(15,16)17/h2-3,6,8,18H,4H2,1H3. The summed E-state index contributed by atoms with van der Waals surface area (Å²) in [6.45, 7) is 0. The second-order valence-corrected chi connectivity index (χ2v) is 6.41. The molecule has 1 aromatic rings. The van der Waals surface area contributed by atoms with E-state index in [1.165, 1.54) is 6.07 Å². The Morgan fingerprint density at radius 1 is 1.16 bits per heavy atom. The maximum atomic E-state index is 12.6. The molecule has 1 aromatic heterocycles. The van der Waals surface area contributed by atoms with E-state index in [1.54, 1.807) is 6.07 Å². The van der Waals surface area contributed by atoms with Gasteiger partial charge < -0.3 is 5.32 Å². The number of hydrogen-bond acceptors (Lipinski definition) is 2. The number of hydrogen-bond donors (Lipinski definition) is 1. The Kier molecular flexibility index (Phi) is 5.30. The Morgan fingerprint density at radius 2 is 1.68 bits per heavy atom. The molecule has 110 valence electrons. The SMILES string of the molecule is CNC(Cc1ccc(Br)s1)C(C(F)(F)F)C(F)(F)F. The minimum Gasteiger partial charge on any atom is -0.316 e. The Labute approximate surface area is 118 Å². The second kappa shape index (κ2) is 6.01. The average Bonchev–Trinajstić information content (AvgIpc) is 2.58. The van der Waals surface area contributed by atoms with Crippen molar-refractivity contribution >= 4 is 27.3 Å². The summed E-state index contributed by atoms with van der Waals surface area (Å²) in [6, 6.07) is 1.34. The summed E-state index contributed by atoms with van der Waals surface area (Å²) in [6.07, 6.45) is -11.0. The van der Waals surface area contributed by atoms with Crippen molar-refractivity contribution in [3.8, 4) is 0 Å². The minimum atomic E-state index is -5.33. The largest absolute Gasteiger partial charge is 0.402 e. The van der Waals surface area contributed by atoms with Crippen molar-refractivity contribution in [3.63, 3.8) is 0 Å². The maximum absolute atomic E-state index is 12.6. The van der Waals surface area contributed by atoms with Gasteiger partial charge in [-0.1, -0.05) is 0 Å². The number of thiophene rings is 1. The molecule has 0 fully saturated rings. The van der Waals surface area contributed by atoms with Crippen LogP contribution in [0.1, 0.15) is 4.88 Å². The fourth-order valence-electron chi connectivity index (χ4n) is 1.71. The third kappa shape index (κ3) is 4.64. The van der Waals surface area contributed by atoms with E-state index in [4.69, 9.17) is 0 Å². The molecule has 1 nitrogen and oxygen atoms in total. The van der Waals surface area contributed by atoms with Crippen LogP contribution in [0.25, 0.3) is 0 Å². The first kappa shape index (κ1) is 16.8. The van der Waals surface area contributed by atoms with Crippen LogP contribution in [-0.4, -0.2) is 25.4 Å². The van der Waals surface area contributed by atoms with E-state index in [-0.39, 0.29) is 6.42 Å². The molecule has 0 saturated carbocycles. The van der Waals surface area contributed by atoms with Crippen LogP contribution in [0.4, 0.5) is 26.3 Å². The zero-order valence-electron chi connectivity index (χ0n) is 9.57. The van der Waals surface area contributed by atoms with Crippen LogP contribution in [0, 0.1) is 5.92 Å². The summed E-state index contributed by atoms with van der Waals surface area (Å²) >= 11 is 4.23. The summed E-state index contributed by atoms with van der Waals surface area (Å²) in [7, 11) is 1.10. The molecule has 0 aliphatic heterocycles. The number of rotatable bonds is 4. The van der Waals surface area contributed by atoms with Gasteiger partial charge in [0.05, 0.1) is 3.79 Å². The lowest BCUT2D eigenvalue weighted by Crippen LogP contribution is -2.50. The Hall–Kier alpha value is -0.280. The molecule has 19 heavy (non-hydrogen) atoms. The van der Waals surface area contributed by atoms with Gasteiger partial charge in [-0.25, -0.2) is 0 Å². The smallest absolute Gasteiger partial charge is 0.316 e. The van der Waals surface area contributed by atoms with Gasteiger partial charge in [-0.05, 0) is 41.5 Å². The molecule has 1 rings (SSSR count). The molecule has 0 aromatic carbocycles. The van der Waals surface area contributed by atoms with E-state index < -0.39 is 24.3 Å². The van der Waals surface area contributed by atoms with Crippen molar-refractivity contribution in [1.82, 2.24) is 5.32 Å². The lowest BCUT2D eigenvalue weighted by atomic mass is 9.95. The summed E-state index contributed by atoms with van der Waals surface area (Å²) in [5.74, 6) is -3.38. The van der Waals surface area contributed by atoms with Crippen molar-refractivity contribution in [3.05, 3.63) is 20.8 Å². The number of alkyl halides is 6. The van der Waals surface area contributed by atoms with Gasteiger partial charge in [0, 0.05) is 10.9 Å². The van der Waals surface area contributed by atoms with Crippen molar-refractivity contribution in [2.45, 2.75) is 24.8 Å². The number of likely N-dealkylation sites (N-methyl/N-ethyl adjacent to an activating group) is 1. The fourth-order valence-corrected chi connectivity index (χ4v) is 3.25. The predicted molar refractivity (Wildman–Crippen MR) is 64.2 cm³/mol. The van der Waals surface area contributed by atoms with Crippen LogP contribution in [0.15, 0.2) is 15.9 Å². The first-order valence-corrected chi connectivity index (χ1v) is 6.71. The van der Waals surface area contributed by atoms with Crippen LogP contribution in [0.2, 0.25) is 0 Å². The van der Waals surface area contributed by atoms with Gasteiger partial charge in [-0.3, -0.25) is 0 Å². The first-order chi connectivity index (χ1) is 8.55. The van der Waals surface area contributed by atoms with E-state index in [1.807, 2.05) is 0 Å². The molecule has 0 bridgehead atoms. The molecule has 1 heterocycles. The van der Waals surface area contributed by atoms with Crippen molar-refractivity contribution in [1.29, 1.82) is 0 Å². The molecular formula is C10H10BrF6NS. The maximum Gasteiger partial charge on any atom is 0.402 e. The molecule has 1 atom stereocenters. The van der Waals surface area contributed by atoms with Crippen LogP contribution in [-0.2, 0) is 6.42 Å². The van der Waals surface area contributed by atoms with Crippen LogP contribution < -0.4 is 5.32 Å². The van der Waals surface area contributed by atoms with Gasteiger partial charge in [-0.15, -0.1) is 11.3 Å².